The molecule has 2 aromatic rings. The molecule has 0 radical (unpaired) electrons. The van der Waals surface area contributed by atoms with Gasteiger partial charge in [0, 0.05) is 0 Å². The Morgan fingerprint density at radius 2 is 1.95 bits per heavy atom. The molecule has 0 aliphatic carbocycles. The predicted octanol–water partition coefficient (Wildman–Crippen LogP) is 2.36. The fourth-order valence-electron chi connectivity index (χ4n) is 1.56. The minimum Gasteiger partial charge on any atom is -0.340 e. The zero-order valence-electron chi connectivity index (χ0n) is 10.2. The predicted molar refractivity (Wildman–Crippen MR) is 76.5 cm³/mol. The molecule has 1 aromatic carbocycles. The number of nitrogens with two attached hydrogens (primary N) is 1. The molecule has 0 aliphatic rings. The van der Waals surface area contributed by atoms with Gasteiger partial charge >= 0.3 is 0 Å². The molecule has 1 heterocycles. The molecule has 0 aliphatic heterocycles. The summed E-state index contributed by atoms with van der Waals surface area (Å²) >= 11 is 11.3. The van der Waals surface area contributed by atoms with E-state index >= 15 is 0 Å². The Kier molecular flexibility index (Phi) is 4.24. The SMILES string of the molecule is NS(=O)(=O)c1ccc(F)cc1NC(=O)c1cc(Cl)c(Cl)[nH]1. The number of hydrogen-bond donors (Lipinski definition) is 3. The van der Waals surface area contributed by atoms with Crippen molar-refractivity contribution in [2.75, 3.05) is 5.32 Å². The van der Waals surface area contributed by atoms with Crippen LogP contribution in [0.25, 0.3) is 0 Å². The van der Waals surface area contributed by atoms with Crippen LogP contribution in [0.2, 0.25) is 10.2 Å². The molecule has 21 heavy (non-hydrogen) atoms. The second-order valence-corrected chi connectivity index (χ2v) is 6.30. The van der Waals surface area contributed by atoms with E-state index in [4.69, 9.17) is 28.3 Å². The monoisotopic (exact) mass is 351 g/mol. The van der Waals surface area contributed by atoms with Crippen molar-refractivity contribution in [1.82, 2.24) is 4.98 Å². The normalized spacial score (nSPS) is 11.4. The van der Waals surface area contributed by atoms with E-state index in [1.54, 1.807) is 0 Å². The van der Waals surface area contributed by atoms with Gasteiger partial charge in [0.25, 0.3) is 5.91 Å². The highest BCUT2D eigenvalue weighted by Gasteiger charge is 2.18. The number of anilines is 1. The highest BCUT2D eigenvalue weighted by molar-refractivity contribution is 7.89. The number of aromatic amines is 1. The quantitative estimate of drug-likeness (QED) is 0.790. The van der Waals surface area contributed by atoms with Gasteiger partial charge in [-0.3, -0.25) is 4.79 Å². The number of carbonyl (C=O) groups excluding carboxylic acids is 1. The Bertz CT molecular complexity index is 801. The second kappa shape index (κ2) is 5.64. The average Bonchev–Trinajstić information content (AvgIpc) is 2.68. The van der Waals surface area contributed by atoms with E-state index in [2.05, 4.69) is 10.3 Å². The molecule has 6 nitrogen and oxygen atoms in total. The highest BCUT2D eigenvalue weighted by Crippen LogP contribution is 2.24. The third kappa shape index (κ3) is 3.53. The zero-order valence-corrected chi connectivity index (χ0v) is 12.5. The number of sulfonamides is 1. The summed E-state index contributed by atoms with van der Waals surface area (Å²) in [6.45, 7) is 0. The molecule has 112 valence electrons. The third-order valence-electron chi connectivity index (χ3n) is 2.47. The van der Waals surface area contributed by atoms with E-state index in [1.165, 1.54) is 6.07 Å². The van der Waals surface area contributed by atoms with Crippen molar-refractivity contribution in [3.63, 3.8) is 0 Å². The lowest BCUT2D eigenvalue weighted by atomic mass is 10.3. The van der Waals surface area contributed by atoms with Crippen LogP contribution in [0.5, 0.6) is 0 Å². The summed E-state index contributed by atoms with van der Waals surface area (Å²) < 4.78 is 36.0. The molecule has 0 unspecified atom stereocenters. The van der Waals surface area contributed by atoms with Crippen molar-refractivity contribution < 1.29 is 17.6 Å². The lowest BCUT2D eigenvalue weighted by molar-refractivity contribution is 0.102. The lowest BCUT2D eigenvalue weighted by Gasteiger charge is -2.09. The van der Waals surface area contributed by atoms with E-state index in [-0.39, 0.29) is 21.6 Å². The molecule has 0 saturated heterocycles. The van der Waals surface area contributed by atoms with E-state index in [9.17, 15) is 17.6 Å². The second-order valence-electron chi connectivity index (χ2n) is 3.98. The number of hydrogen-bond acceptors (Lipinski definition) is 3. The number of aromatic nitrogens is 1. The standard InChI is InChI=1S/C11H8Cl2FN3O3S/c12-6-4-8(16-10(6)13)11(18)17-7-3-5(14)1-2-9(7)21(15,19)20/h1-4,16H,(H,17,18)(H2,15,19,20). The lowest BCUT2D eigenvalue weighted by Crippen LogP contribution is -2.18. The van der Waals surface area contributed by atoms with Gasteiger partial charge in [0.1, 0.15) is 21.6 Å². The van der Waals surface area contributed by atoms with Crippen LogP contribution >= 0.6 is 23.2 Å². The first-order chi connectivity index (χ1) is 9.68. The van der Waals surface area contributed by atoms with Crippen LogP contribution in [0.3, 0.4) is 0 Å². The summed E-state index contributed by atoms with van der Waals surface area (Å²) in [5, 5.41) is 7.39. The summed E-state index contributed by atoms with van der Waals surface area (Å²) in [6, 6.07) is 3.95. The average molecular weight is 352 g/mol. The van der Waals surface area contributed by atoms with Gasteiger partial charge in [0.2, 0.25) is 10.0 Å². The Morgan fingerprint density at radius 3 is 2.48 bits per heavy atom. The number of rotatable bonds is 3. The van der Waals surface area contributed by atoms with Crippen LogP contribution < -0.4 is 10.5 Å². The number of amides is 1. The molecule has 0 fully saturated rings. The minimum atomic E-state index is -4.12. The van der Waals surface area contributed by atoms with Crippen LogP contribution in [-0.4, -0.2) is 19.3 Å². The van der Waals surface area contributed by atoms with Gasteiger partial charge < -0.3 is 10.3 Å². The molecule has 10 heteroatoms. The van der Waals surface area contributed by atoms with Crippen LogP contribution in [0.1, 0.15) is 10.5 Å². The molecule has 0 spiro atoms. The van der Waals surface area contributed by atoms with Crippen molar-refractivity contribution >= 4 is 44.8 Å². The van der Waals surface area contributed by atoms with Crippen LogP contribution in [-0.2, 0) is 10.0 Å². The summed E-state index contributed by atoms with van der Waals surface area (Å²) in [4.78, 5) is 14.0. The largest absolute Gasteiger partial charge is 0.340 e. The number of H-pyrrole nitrogens is 1. The summed E-state index contributed by atoms with van der Waals surface area (Å²) in [5.41, 5.74) is -0.307. The van der Waals surface area contributed by atoms with Crippen molar-refractivity contribution in [3.8, 4) is 0 Å². The molecule has 2 rings (SSSR count). The number of carbonyl (C=O) groups is 1. The van der Waals surface area contributed by atoms with Gasteiger partial charge in [-0.05, 0) is 24.3 Å². The van der Waals surface area contributed by atoms with Crippen LogP contribution in [0.15, 0.2) is 29.2 Å². The number of halogens is 3. The van der Waals surface area contributed by atoms with Crippen molar-refractivity contribution in [2.45, 2.75) is 4.90 Å². The van der Waals surface area contributed by atoms with Crippen LogP contribution in [0.4, 0.5) is 10.1 Å². The van der Waals surface area contributed by atoms with E-state index < -0.39 is 26.6 Å². The summed E-state index contributed by atoms with van der Waals surface area (Å²) in [5.74, 6) is -1.49. The molecule has 4 N–H and O–H groups in total. The van der Waals surface area contributed by atoms with Gasteiger partial charge in [-0.15, -0.1) is 0 Å². The zero-order chi connectivity index (χ0) is 15.8. The van der Waals surface area contributed by atoms with Crippen LogP contribution in [0, 0.1) is 5.82 Å². The number of primary sulfonamides is 1. The van der Waals surface area contributed by atoms with Gasteiger partial charge in [-0.1, -0.05) is 23.2 Å². The smallest absolute Gasteiger partial charge is 0.272 e. The minimum absolute atomic E-state index is 0.0189. The Labute approximate surface area is 129 Å². The van der Waals surface area contributed by atoms with Gasteiger partial charge in [-0.2, -0.15) is 0 Å². The Morgan fingerprint density at radius 1 is 1.29 bits per heavy atom. The Balaban J connectivity index is 2.39. The molecular formula is C11H8Cl2FN3O3S. The first-order valence-electron chi connectivity index (χ1n) is 5.36. The van der Waals surface area contributed by atoms with E-state index in [1.807, 2.05) is 0 Å². The first kappa shape index (κ1) is 15.8. The number of benzene rings is 1. The molecular weight excluding hydrogens is 344 g/mol. The van der Waals surface area contributed by atoms with Gasteiger partial charge in [0.05, 0.1) is 10.7 Å². The maximum Gasteiger partial charge on any atom is 0.272 e. The maximum absolute atomic E-state index is 13.2. The maximum atomic E-state index is 13.2. The highest BCUT2D eigenvalue weighted by atomic mass is 35.5. The summed E-state index contributed by atoms with van der Waals surface area (Å²) in [6.07, 6.45) is 0. The third-order valence-corrected chi connectivity index (χ3v) is 4.13. The van der Waals surface area contributed by atoms with Gasteiger partial charge in [-0.25, -0.2) is 17.9 Å². The molecule has 0 saturated carbocycles. The first-order valence-corrected chi connectivity index (χ1v) is 7.66. The topological polar surface area (TPSA) is 105 Å². The summed E-state index contributed by atoms with van der Waals surface area (Å²) in [7, 11) is -4.12. The molecule has 0 atom stereocenters. The van der Waals surface area contributed by atoms with E-state index in [0.717, 1.165) is 18.2 Å². The Hall–Kier alpha value is -1.61. The number of nitrogens with one attached hydrogen (secondary N) is 2. The fraction of sp³-hybridized carbons (Fsp3) is 0. The van der Waals surface area contributed by atoms with Crippen molar-refractivity contribution in [2.24, 2.45) is 5.14 Å². The molecule has 0 bridgehead atoms. The molecule has 1 amide bonds. The fourth-order valence-corrected chi connectivity index (χ4v) is 2.55. The van der Waals surface area contributed by atoms with Crippen molar-refractivity contribution in [1.29, 1.82) is 0 Å². The van der Waals surface area contributed by atoms with Gasteiger partial charge in [0.15, 0.2) is 0 Å². The van der Waals surface area contributed by atoms with E-state index in [0.29, 0.717) is 0 Å². The molecule has 1 aromatic heterocycles. The van der Waals surface area contributed by atoms with Crippen molar-refractivity contribution in [3.05, 3.63) is 46.0 Å².